The molecule has 3 atom stereocenters. The van der Waals surface area contributed by atoms with E-state index in [0.29, 0.717) is 24.5 Å². The molecule has 0 amide bonds. The Labute approximate surface area is 105 Å². The first-order valence-corrected chi connectivity index (χ1v) is 6.93. The molecule has 2 fully saturated rings. The fraction of sp³-hybridized carbons (Fsp3) is 0.929. The molecular formula is C14H24N2O. The van der Waals surface area contributed by atoms with Crippen LogP contribution in [0.2, 0.25) is 0 Å². The van der Waals surface area contributed by atoms with Gasteiger partial charge >= 0.3 is 0 Å². The first kappa shape index (κ1) is 12.9. The highest BCUT2D eigenvalue weighted by atomic mass is 16.5. The van der Waals surface area contributed by atoms with Crippen LogP contribution in [0.25, 0.3) is 0 Å². The van der Waals surface area contributed by atoms with Gasteiger partial charge in [-0.2, -0.15) is 5.26 Å². The monoisotopic (exact) mass is 236 g/mol. The maximum Gasteiger partial charge on any atom is 0.132 e. The summed E-state index contributed by atoms with van der Waals surface area (Å²) < 4.78 is 6.06. The van der Waals surface area contributed by atoms with E-state index in [1.807, 2.05) is 7.05 Å². The van der Waals surface area contributed by atoms with Crippen LogP contribution >= 0.6 is 0 Å². The van der Waals surface area contributed by atoms with Crippen LogP contribution in [0, 0.1) is 23.2 Å². The van der Waals surface area contributed by atoms with Crippen LogP contribution in [0.15, 0.2) is 0 Å². The van der Waals surface area contributed by atoms with Crippen LogP contribution < -0.4 is 5.32 Å². The van der Waals surface area contributed by atoms with Crippen molar-refractivity contribution in [2.45, 2.75) is 57.1 Å². The Hall–Kier alpha value is -0.590. The van der Waals surface area contributed by atoms with Gasteiger partial charge in [0.15, 0.2) is 0 Å². The zero-order valence-electron chi connectivity index (χ0n) is 11.0. The molecule has 0 aliphatic heterocycles. The summed E-state index contributed by atoms with van der Waals surface area (Å²) in [4.78, 5) is 0. The van der Waals surface area contributed by atoms with Gasteiger partial charge in [-0.15, -0.1) is 0 Å². The van der Waals surface area contributed by atoms with Crippen molar-refractivity contribution >= 4 is 0 Å². The van der Waals surface area contributed by atoms with E-state index in [9.17, 15) is 5.26 Å². The fourth-order valence-electron chi connectivity index (χ4n) is 2.92. The number of ether oxygens (including phenoxy) is 1. The number of nitrogens with one attached hydrogen (secondary N) is 1. The van der Waals surface area contributed by atoms with E-state index < -0.39 is 5.54 Å². The molecule has 0 aromatic heterocycles. The average Bonchev–Trinajstić information content (AvgIpc) is 3.18. The van der Waals surface area contributed by atoms with Crippen molar-refractivity contribution in [1.29, 1.82) is 5.26 Å². The number of hydrogen-bond donors (Lipinski definition) is 1. The molecule has 17 heavy (non-hydrogen) atoms. The minimum atomic E-state index is -0.433. The predicted molar refractivity (Wildman–Crippen MR) is 67.5 cm³/mol. The van der Waals surface area contributed by atoms with Crippen LogP contribution in [0.4, 0.5) is 0 Å². The van der Waals surface area contributed by atoms with Crippen molar-refractivity contribution in [3.63, 3.8) is 0 Å². The van der Waals surface area contributed by atoms with Crippen molar-refractivity contribution in [2.75, 3.05) is 13.7 Å². The smallest absolute Gasteiger partial charge is 0.132 e. The van der Waals surface area contributed by atoms with Crippen molar-refractivity contribution in [2.24, 2.45) is 11.8 Å². The summed E-state index contributed by atoms with van der Waals surface area (Å²) in [5.74, 6) is 1.15. The molecule has 2 rings (SSSR count). The highest BCUT2D eigenvalue weighted by Crippen LogP contribution is 2.40. The van der Waals surface area contributed by atoms with Crippen LogP contribution in [0.3, 0.4) is 0 Å². The second-order valence-corrected chi connectivity index (χ2v) is 5.72. The van der Waals surface area contributed by atoms with Crippen LogP contribution in [-0.4, -0.2) is 25.3 Å². The van der Waals surface area contributed by atoms with E-state index in [2.05, 4.69) is 18.3 Å². The predicted octanol–water partition coefficient (Wildman–Crippen LogP) is 2.47. The first-order chi connectivity index (χ1) is 8.22. The highest BCUT2D eigenvalue weighted by Gasteiger charge is 2.45. The van der Waals surface area contributed by atoms with E-state index >= 15 is 0 Å². The standard InChI is InChI=1S/C14H24N2O/c1-11-5-3-4-6-13(11)17-10-14(9-15,16-2)12-7-8-12/h11-13,16H,3-8,10H2,1-2H3. The van der Waals surface area contributed by atoms with Crippen molar-refractivity contribution in [3.8, 4) is 6.07 Å². The van der Waals surface area contributed by atoms with Gasteiger partial charge in [0.05, 0.1) is 18.8 Å². The summed E-state index contributed by atoms with van der Waals surface area (Å²) in [5.41, 5.74) is -0.433. The number of rotatable bonds is 5. The summed E-state index contributed by atoms with van der Waals surface area (Å²) in [5, 5.41) is 12.6. The summed E-state index contributed by atoms with van der Waals surface area (Å²) in [6.45, 7) is 2.83. The molecule has 0 aromatic rings. The van der Waals surface area contributed by atoms with E-state index in [-0.39, 0.29) is 0 Å². The van der Waals surface area contributed by atoms with Crippen LogP contribution in [-0.2, 0) is 4.74 Å². The molecule has 1 N–H and O–H groups in total. The Balaban J connectivity index is 1.88. The van der Waals surface area contributed by atoms with Gasteiger partial charge in [0, 0.05) is 0 Å². The molecule has 0 saturated heterocycles. The zero-order valence-corrected chi connectivity index (χ0v) is 11.0. The normalized spacial score (nSPS) is 32.8. The molecule has 0 radical (unpaired) electrons. The van der Waals surface area contributed by atoms with Gasteiger partial charge in [0.1, 0.15) is 5.54 Å². The molecule has 96 valence electrons. The molecule has 2 aliphatic rings. The minimum Gasteiger partial charge on any atom is -0.375 e. The average molecular weight is 236 g/mol. The molecule has 2 saturated carbocycles. The summed E-state index contributed by atoms with van der Waals surface area (Å²) in [6.07, 6.45) is 7.74. The lowest BCUT2D eigenvalue weighted by Crippen LogP contribution is -2.49. The second kappa shape index (κ2) is 5.37. The SMILES string of the molecule is CNC(C#N)(COC1CCCCC1C)C1CC1. The fourth-order valence-corrected chi connectivity index (χ4v) is 2.92. The lowest BCUT2D eigenvalue weighted by atomic mass is 9.87. The zero-order chi connectivity index (χ0) is 12.3. The third-order valence-electron chi connectivity index (χ3n) is 4.48. The maximum atomic E-state index is 9.39. The molecular weight excluding hydrogens is 212 g/mol. The van der Waals surface area contributed by atoms with Gasteiger partial charge in [-0.05, 0) is 44.6 Å². The molecule has 0 spiro atoms. The largest absolute Gasteiger partial charge is 0.375 e. The highest BCUT2D eigenvalue weighted by molar-refractivity contribution is 5.15. The van der Waals surface area contributed by atoms with Crippen LogP contribution in [0.1, 0.15) is 45.4 Å². The van der Waals surface area contributed by atoms with Gasteiger partial charge in [-0.3, -0.25) is 0 Å². The Morgan fingerprint density at radius 2 is 2.00 bits per heavy atom. The van der Waals surface area contributed by atoms with Crippen molar-refractivity contribution in [1.82, 2.24) is 5.32 Å². The van der Waals surface area contributed by atoms with Gasteiger partial charge < -0.3 is 10.1 Å². The molecule has 2 aliphatic carbocycles. The molecule has 3 nitrogen and oxygen atoms in total. The van der Waals surface area contributed by atoms with Gasteiger partial charge in [-0.1, -0.05) is 19.8 Å². The third kappa shape index (κ3) is 2.81. The maximum absolute atomic E-state index is 9.39. The molecule has 0 bridgehead atoms. The summed E-state index contributed by atoms with van der Waals surface area (Å²) in [7, 11) is 1.88. The van der Waals surface area contributed by atoms with Crippen LogP contribution in [0.5, 0.6) is 0 Å². The topological polar surface area (TPSA) is 45.0 Å². The Morgan fingerprint density at radius 3 is 2.53 bits per heavy atom. The molecule has 0 heterocycles. The molecule has 3 unspecified atom stereocenters. The quantitative estimate of drug-likeness (QED) is 0.797. The minimum absolute atomic E-state index is 0.364. The number of nitrogens with zero attached hydrogens (tertiary/aromatic N) is 1. The number of hydrogen-bond acceptors (Lipinski definition) is 3. The number of likely N-dealkylation sites (N-methyl/N-ethyl adjacent to an activating group) is 1. The number of nitriles is 1. The van der Waals surface area contributed by atoms with Crippen molar-refractivity contribution in [3.05, 3.63) is 0 Å². The lowest BCUT2D eigenvalue weighted by Gasteiger charge is -2.33. The summed E-state index contributed by atoms with van der Waals surface area (Å²) in [6, 6.07) is 2.45. The Morgan fingerprint density at radius 1 is 1.29 bits per heavy atom. The first-order valence-electron chi connectivity index (χ1n) is 6.93. The second-order valence-electron chi connectivity index (χ2n) is 5.72. The Bertz CT molecular complexity index is 295. The van der Waals surface area contributed by atoms with E-state index in [4.69, 9.17) is 4.74 Å². The molecule has 3 heteroatoms. The third-order valence-corrected chi connectivity index (χ3v) is 4.48. The van der Waals surface area contributed by atoms with E-state index in [1.54, 1.807) is 0 Å². The van der Waals surface area contributed by atoms with Crippen molar-refractivity contribution < 1.29 is 4.74 Å². The van der Waals surface area contributed by atoms with E-state index in [0.717, 1.165) is 19.3 Å². The Kier molecular flexibility index (Phi) is 4.06. The lowest BCUT2D eigenvalue weighted by molar-refractivity contribution is -0.0277. The van der Waals surface area contributed by atoms with Gasteiger partial charge in [0.25, 0.3) is 0 Å². The molecule has 0 aromatic carbocycles. The van der Waals surface area contributed by atoms with E-state index in [1.165, 1.54) is 19.3 Å². The summed E-state index contributed by atoms with van der Waals surface area (Å²) >= 11 is 0. The van der Waals surface area contributed by atoms with Gasteiger partial charge in [0.2, 0.25) is 0 Å². The van der Waals surface area contributed by atoms with Gasteiger partial charge in [-0.25, -0.2) is 0 Å².